The molecule has 18 heavy (non-hydrogen) atoms. The zero-order valence-corrected chi connectivity index (χ0v) is 11.0. The van der Waals surface area contributed by atoms with Gasteiger partial charge in [-0.2, -0.15) is 0 Å². The number of hydrogen-bond acceptors (Lipinski definition) is 2. The molecule has 0 bridgehead atoms. The second-order valence-corrected chi connectivity index (χ2v) is 4.97. The summed E-state index contributed by atoms with van der Waals surface area (Å²) in [4.78, 5) is 13.9. The van der Waals surface area contributed by atoms with E-state index < -0.39 is 5.82 Å². The average Bonchev–Trinajstić information content (AvgIpc) is 2.81. The fourth-order valence-corrected chi connectivity index (χ4v) is 2.49. The van der Waals surface area contributed by atoms with E-state index in [4.69, 9.17) is 11.6 Å². The third-order valence-electron chi connectivity index (χ3n) is 3.25. The predicted molar refractivity (Wildman–Crippen MR) is 69.3 cm³/mol. The summed E-state index contributed by atoms with van der Waals surface area (Å²) >= 11 is 5.69. The average molecular weight is 271 g/mol. The molecular formula is C13H16ClFN2O. The Kier molecular flexibility index (Phi) is 4.19. The molecule has 0 aliphatic carbocycles. The van der Waals surface area contributed by atoms with Gasteiger partial charge in [-0.1, -0.05) is 17.7 Å². The van der Waals surface area contributed by atoms with Gasteiger partial charge in [0.1, 0.15) is 0 Å². The van der Waals surface area contributed by atoms with Crippen molar-refractivity contribution in [1.82, 2.24) is 10.2 Å². The molecule has 1 saturated heterocycles. The fourth-order valence-electron chi connectivity index (χ4n) is 2.31. The van der Waals surface area contributed by atoms with E-state index in [1.165, 1.54) is 12.1 Å². The highest BCUT2D eigenvalue weighted by atomic mass is 35.5. The first kappa shape index (κ1) is 13.3. The molecule has 2 rings (SSSR count). The molecule has 98 valence electrons. The second-order valence-electron chi connectivity index (χ2n) is 4.56. The molecule has 1 aliphatic rings. The molecular weight excluding hydrogens is 255 g/mol. The van der Waals surface area contributed by atoms with Crippen molar-refractivity contribution in [2.24, 2.45) is 5.92 Å². The number of carbonyl (C=O) groups is 1. The van der Waals surface area contributed by atoms with E-state index in [0.29, 0.717) is 19.0 Å². The number of benzene rings is 1. The van der Waals surface area contributed by atoms with Gasteiger partial charge in [-0.25, -0.2) is 4.39 Å². The van der Waals surface area contributed by atoms with Gasteiger partial charge in [-0.05, 0) is 38.1 Å². The highest BCUT2D eigenvalue weighted by Gasteiger charge is 2.28. The van der Waals surface area contributed by atoms with E-state index in [0.717, 1.165) is 13.0 Å². The van der Waals surface area contributed by atoms with E-state index in [1.807, 2.05) is 7.05 Å². The highest BCUT2D eigenvalue weighted by Crippen LogP contribution is 2.22. The van der Waals surface area contributed by atoms with Gasteiger partial charge in [0, 0.05) is 13.1 Å². The lowest BCUT2D eigenvalue weighted by molar-refractivity contribution is 0.0782. The Morgan fingerprint density at radius 3 is 3.11 bits per heavy atom. The zero-order chi connectivity index (χ0) is 13.1. The molecule has 1 unspecified atom stereocenters. The van der Waals surface area contributed by atoms with Crippen LogP contribution in [0.3, 0.4) is 0 Å². The number of nitrogens with zero attached hydrogens (tertiary/aromatic N) is 1. The van der Waals surface area contributed by atoms with E-state index in [-0.39, 0.29) is 16.5 Å². The standard InChI is InChI=1S/C13H16ClFN2O/c1-16-7-9-5-6-17(8-9)13(18)10-3-2-4-11(14)12(10)15/h2-4,9,16H,5-8H2,1H3. The van der Waals surface area contributed by atoms with Crippen LogP contribution in [0.5, 0.6) is 0 Å². The Bertz CT molecular complexity index is 453. The second kappa shape index (κ2) is 5.67. The molecule has 1 aliphatic heterocycles. The van der Waals surface area contributed by atoms with Crippen LogP contribution in [0.4, 0.5) is 4.39 Å². The Morgan fingerprint density at radius 1 is 1.61 bits per heavy atom. The molecule has 1 N–H and O–H groups in total. The smallest absolute Gasteiger partial charge is 0.256 e. The number of likely N-dealkylation sites (tertiary alicyclic amines) is 1. The van der Waals surface area contributed by atoms with Crippen LogP contribution in [0.2, 0.25) is 5.02 Å². The minimum atomic E-state index is -0.624. The highest BCUT2D eigenvalue weighted by molar-refractivity contribution is 6.31. The van der Waals surface area contributed by atoms with E-state index in [9.17, 15) is 9.18 Å². The van der Waals surface area contributed by atoms with Crippen molar-refractivity contribution >= 4 is 17.5 Å². The van der Waals surface area contributed by atoms with Gasteiger partial charge in [0.2, 0.25) is 0 Å². The van der Waals surface area contributed by atoms with Crippen LogP contribution >= 0.6 is 11.6 Å². The van der Waals surface area contributed by atoms with Gasteiger partial charge in [0.05, 0.1) is 10.6 Å². The lowest BCUT2D eigenvalue weighted by Gasteiger charge is -2.17. The summed E-state index contributed by atoms with van der Waals surface area (Å²) in [5.74, 6) is -0.448. The first-order valence-electron chi connectivity index (χ1n) is 6.01. The summed E-state index contributed by atoms with van der Waals surface area (Å²) in [6.45, 7) is 2.23. The number of carbonyl (C=O) groups excluding carboxylic acids is 1. The lowest BCUT2D eigenvalue weighted by atomic mass is 10.1. The van der Waals surface area contributed by atoms with Crippen molar-refractivity contribution in [3.63, 3.8) is 0 Å². The Labute approximate surface area is 111 Å². The monoisotopic (exact) mass is 270 g/mol. The van der Waals surface area contributed by atoms with Crippen molar-refractivity contribution in [2.75, 3.05) is 26.7 Å². The summed E-state index contributed by atoms with van der Waals surface area (Å²) in [5.41, 5.74) is 0.0626. The van der Waals surface area contributed by atoms with E-state index >= 15 is 0 Å². The van der Waals surface area contributed by atoms with Crippen molar-refractivity contribution < 1.29 is 9.18 Å². The molecule has 1 fully saturated rings. The summed E-state index contributed by atoms with van der Waals surface area (Å²) < 4.78 is 13.8. The minimum absolute atomic E-state index is 0.00757. The molecule has 5 heteroatoms. The van der Waals surface area contributed by atoms with Gasteiger partial charge >= 0.3 is 0 Å². The first-order valence-corrected chi connectivity index (χ1v) is 6.39. The fraction of sp³-hybridized carbons (Fsp3) is 0.462. The molecule has 1 aromatic rings. The third-order valence-corrected chi connectivity index (χ3v) is 3.54. The van der Waals surface area contributed by atoms with Crippen molar-refractivity contribution in [3.05, 3.63) is 34.6 Å². The third kappa shape index (κ3) is 2.65. The van der Waals surface area contributed by atoms with Crippen LogP contribution in [0, 0.1) is 11.7 Å². The Morgan fingerprint density at radius 2 is 2.39 bits per heavy atom. The number of halogens is 2. The van der Waals surface area contributed by atoms with Gasteiger partial charge in [0.15, 0.2) is 5.82 Å². The molecule has 1 atom stereocenters. The first-order chi connectivity index (χ1) is 8.63. The van der Waals surface area contributed by atoms with Crippen molar-refractivity contribution in [2.45, 2.75) is 6.42 Å². The summed E-state index contributed by atoms with van der Waals surface area (Å²) in [5, 5.41) is 3.09. The summed E-state index contributed by atoms with van der Waals surface area (Å²) in [7, 11) is 1.89. The van der Waals surface area contributed by atoms with E-state index in [1.54, 1.807) is 11.0 Å². The number of hydrogen-bond donors (Lipinski definition) is 1. The summed E-state index contributed by atoms with van der Waals surface area (Å²) in [6, 6.07) is 4.52. The normalized spacial score (nSPS) is 19.3. The number of nitrogens with one attached hydrogen (secondary N) is 1. The van der Waals surface area contributed by atoms with Crippen LogP contribution in [-0.4, -0.2) is 37.5 Å². The SMILES string of the molecule is CNCC1CCN(C(=O)c2cccc(Cl)c2F)C1. The maximum atomic E-state index is 13.8. The van der Waals surface area contributed by atoms with Crippen LogP contribution in [0.25, 0.3) is 0 Å². The van der Waals surface area contributed by atoms with Crippen LogP contribution < -0.4 is 5.32 Å². The molecule has 1 aromatic carbocycles. The predicted octanol–water partition coefficient (Wildman–Crippen LogP) is 2.16. The van der Waals surface area contributed by atoms with Gasteiger partial charge in [0.25, 0.3) is 5.91 Å². The molecule has 1 amide bonds. The Balaban J connectivity index is 2.11. The van der Waals surface area contributed by atoms with Gasteiger partial charge < -0.3 is 10.2 Å². The topological polar surface area (TPSA) is 32.3 Å². The largest absolute Gasteiger partial charge is 0.338 e. The number of rotatable bonds is 3. The molecule has 1 heterocycles. The van der Waals surface area contributed by atoms with Crippen LogP contribution in [-0.2, 0) is 0 Å². The molecule has 3 nitrogen and oxygen atoms in total. The van der Waals surface area contributed by atoms with E-state index in [2.05, 4.69) is 5.32 Å². The van der Waals surface area contributed by atoms with Gasteiger partial charge in [-0.15, -0.1) is 0 Å². The molecule has 0 spiro atoms. The Hall–Kier alpha value is -1.13. The maximum absolute atomic E-state index is 13.8. The van der Waals surface area contributed by atoms with Crippen molar-refractivity contribution in [1.29, 1.82) is 0 Å². The number of amides is 1. The zero-order valence-electron chi connectivity index (χ0n) is 10.2. The molecule has 0 radical (unpaired) electrons. The summed E-state index contributed by atoms with van der Waals surface area (Å²) in [6.07, 6.45) is 0.953. The maximum Gasteiger partial charge on any atom is 0.256 e. The van der Waals surface area contributed by atoms with Gasteiger partial charge in [-0.3, -0.25) is 4.79 Å². The van der Waals surface area contributed by atoms with Crippen molar-refractivity contribution in [3.8, 4) is 0 Å². The lowest BCUT2D eigenvalue weighted by Crippen LogP contribution is -2.31. The minimum Gasteiger partial charge on any atom is -0.338 e. The quantitative estimate of drug-likeness (QED) is 0.913. The molecule has 0 saturated carbocycles. The van der Waals surface area contributed by atoms with Crippen LogP contribution in [0.1, 0.15) is 16.8 Å². The van der Waals surface area contributed by atoms with Crippen LogP contribution in [0.15, 0.2) is 18.2 Å². The molecule has 0 aromatic heterocycles.